The maximum Gasteiger partial charge on any atom is 0.298 e. The number of hydrogen-bond donors (Lipinski definition) is 2. The van der Waals surface area contributed by atoms with Gasteiger partial charge < -0.3 is 9.84 Å². The second kappa shape index (κ2) is 5.83. The molecule has 0 atom stereocenters. The third kappa shape index (κ3) is 3.44. The Morgan fingerprint density at radius 3 is 2.72 bits per heavy atom. The zero-order chi connectivity index (χ0) is 18.4. The minimum Gasteiger partial charge on any atom is -0.506 e. The number of aryl methyl sites for hydroxylation is 2. The lowest BCUT2D eigenvalue weighted by atomic mass is 10.1. The number of fused-ring (bicyclic) bond motifs is 1. The fraction of sp³-hybridized carbons (Fsp3) is 0.312. The summed E-state index contributed by atoms with van der Waals surface area (Å²) >= 11 is 0. The van der Waals surface area contributed by atoms with E-state index in [4.69, 9.17) is 4.74 Å². The number of aromatic hydroxyl groups is 1. The minimum atomic E-state index is -3.06. The number of halogens is 2. The van der Waals surface area contributed by atoms with Gasteiger partial charge in [0, 0.05) is 13.1 Å². The Morgan fingerprint density at radius 1 is 1.36 bits per heavy atom. The van der Waals surface area contributed by atoms with E-state index in [1.54, 1.807) is 13.0 Å². The van der Waals surface area contributed by atoms with Gasteiger partial charge in [0.2, 0.25) is 0 Å². The number of nitrogens with one attached hydrogen (secondary N) is 1. The summed E-state index contributed by atoms with van der Waals surface area (Å²) in [5, 5.41) is 14.5. The summed E-state index contributed by atoms with van der Waals surface area (Å²) in [5.74, 6) is -3.05. The molecule has 2 aromatic heterocycles. The molecule has 1 aromatic carbocycles. The van der Waals surface area contributed by atoms with Gasteiger partial charge in [0.1, 0.15) is 16.8 Å². The molecule has 132 valence electrons. The number of benzene rings is 1. The standard InChI is InChI=1S/C16H16F2N4O3/c1-8-4-9(2)12(11(23)5-8)22-6-10-13(21-22)19-15(20-14(10)24)25-7-16(3,17)18/h4-6,23H,7H2,1-3H3,(H,19,20,21,24). The van der Waals surface area contributed by atoms with Gasteiger partial charge >= 0.3 is 0 Å². The van der Waals surface area contributed by atoms with E-state index in [0.29, 0.717) is 12.6 Å². The number of phenols is 1. The Hall–Kier alpha value is -2.97. The van der Waals surface area contributed by atoms with Crippen LogP contribution in [0.3, 0.4) is 0 Å². The average Bonchev–Trinajstić information content (AvgIpc) is 2.87. The lowest BCUT2D eigenvalue weighted by Crippen LogP contribution is -2.23. The van der Waals surface area contributed by atoms with Gasteiger partial charge in [0.05, 0.1) is 0 Å². The third-order valence-corrected chi connectivity index (χ3v) is 3.48. The second-order valence-corrected chi connectivity index (χ2v) is 5.99. The van der Waals surface area contributed by atoms with Crippen LogP contribution in [0, 0.1) is 13.8 Å². The maximum atomic E-state index is 12.9. The van der Waals surface area contributed by atoms with E-state index >= 15 is 0 Å². The highest BCUT2D eigenvalue weighted by Gasteiger charge is 2.23. The summed E-state index contributed by atoms with van der Waals surface area (Å²) in [7, 11) is 0. The Balaban J connectivity index is 2.06. The normalized spacial score (nSPS) is 11.9. The molecule has 0 fully saturated rings. The van der Waals surface area contributed by atoms with E-state index in [1.807, 2.05) is 13.0 Å². The highest BCUT2D eigenvalue weighted by Crippen LogP contribution is 2.27. The quantitative estimate of drug-likeness (QED) is 0.754. The summed E-state index contributed by atoms with van der Waals surface area (Å²) in [6.45, 7) is 3.42. The predicted molar refractivity (Wildman–Crippen MR) is 86.7 cm³/mol. The molecule has 0 spiro atoms. The lowest BCUT2D eigenvalue weighted by molar-refractivity contribution is -0.0256. The molecule has 0 saturated carbocycles. The van der Waals surface area contributed by atoms with Gasteiger partial charge in [-0.3, -0.25) is 9.78 Å². The fourth-order valence-corrected chi connectivity index (χ4v) is 2.51. The Kier molecular flexibility index (Phi) is 3.94. The Labute approximate surface area is 140 Å². The molecule has 3 rings (SSSR count). The van der Waals surface area contributed by atoms with E-state index in [0.717, 1.165) is 11.1 Å². The van der Waals surface area contributed by atoms with E-state index in [-0.39, 0.29) is 22.8 Å². The summed E-state index contributed by atoms with van der Waals surface area (Å²) < 4.78 is 31.9. The zero-order valence-corrected chi connectivity index (χ0v) is 13.8. The van der Waals surface area contributed by atoms with Crippen LogP contribution in [0.25, 0.3) is 16.7 Å². The molecular formula is C16H16F2N4O3. The molecule has 2 heterocycles. The summed E-state index contributed by atoms with van der Waals surface area (Å²) in [5.41, 5.74) is 1.49. The predicted octanol–water partition coefficient (Wildman–Crippen LogP) is 2.47. The highest BCUT2D eigenvalue weighted by molar-refractivity contribution is 5.74. The summed E-state index contributed by atoms with van der Waals surface area (Å²) in [6, 6.07) is 3.09. The molecule has 3 aromatic rings. The van der Waals surface area contributed by atoms with Crippen molar-refractivity contribution in [1.29, 1.82) is 0 Å². The van der Waals surface area contributed by atoms with Crippen molar-refractivity contribution in [3.63, 3.8) is 0 Å². The molecule has 0 bridgehead atoms. The van der Waals surface area contributed by atoms with Crippen molar-refractivity contribution in [1.82, 2.24) is 19.7 Å². The third-order valence-electron chi connectivity index (χ3n) is 3.48. The molecule has 0 unspecified atom stereocenters. The van der Waals surface area contributed by atoms with E-state index < -0.39 is 18.1 Å². The number of aromatic amines is 1. The SMILES string of the molecule is Cc1cc(C)c(-n2cc3c(=O)[nH]c(OCC(C)(F)F)nc3n2)c(O)c1. The van der Waals surface area contributed by atoms with Crippen LogP contribution in [0.15, 0.2) is 23.1 Å². The number of H-pyrrole nitrogens is 1. The van der Waals surface area contributed by atoms with E-state index in [1.165, 1.54) is 10.9 Å². The number of nitrogens with zero attached hydrogens (tertiary/aromatic N) is 3. The van der Waals surface area contributed by atoms with Gasteiger partial charge in [0.15, 0.2) is 12.3 Å². The smallest absolute Gasteiger partial charge is 0.298 e. The summed E-state index contributed by atoms with van der Waals surface area (Å²) in [6.07, 6.45) is 1.41. The van der Waals surface area contributed by atoms with Crippen LogP contribution in [0.2, 0.25) is 0 Å². The number of aromatic nitrogens is 4. The van der Waals surface area contributed by atoms with Crippen LogP contribution in [0.5, 0.6) is 11.8 Å². The van der Waals surface area contributed by atoms with Crippen molar-refractivity contribution in [2.75, 3.05) is 6.61 Å². The van der Waals surface area contributed by atoms with Crippen LogP contribution in [0.1, 0.15) is 18.1 Å². The largest absolute Gasteiger partial charge is 0.506 e. The molecule has 0 saturated heterocycles. The highest BCUT2D eigenvalue weighted by atomic mass is 19.3. The van der Waals surface area contributed by atoms with Gasteiger partial charge in [-0.1, -0.05) is 6.07 Å². The number of ether oxygens (including phenoxy) is 1. The first kappa shape index (κ1) is 16.9. The first-order valence-corrected chi connectivity index (χ1v) is 7.45. The van der Waals surface area contributed by atoms with Crippen molar-refractivity contribution < 1.29 is 18.6 Å². The monoisotopic (exact) mass is 350 g/mol. The average molecular weight is 350 g/mol. The van der Waals surface area contributed by atoms with Gasteiger partial charge in [-0.25, -0.2) is 13.5 Å². The first-order valence-electron chi connectivity index (χ1n) is 7.45. The molecule has 0 aliphatic carbocycles. The molecular weight excluding hydrogens is 334 g/mol. The van der Waals surface area contributed by atoms with Gasteiger partial charge in [-0.2, -0.15) is 4.98 Å². The second-order valence-electron chi connectivity index (χ2n) is 5.99. The number of alkyl halides is 2. The van der Waals surface area contributed by atoms with Crippen LogP contribution < -0.4 is 10.3 Å². The van der Waals surface area contributed by atoms with Crippen LogP contribution >= 0.6 is 0 Å². The van der Waals surface area contributed by atoms with Crippen molar-refractivity contribution in [3.8, 4) is 17.4 Å². The first-order chi connectivity index (χ1) is 11.6. The number of phenolic OH excluding ortho intramolecular Hbond substituents is 1. The molecule has 25 heavy (non-hydrogen) atoms. The van der Waals surface area contributed by atoms with Crippen LogP contribution in [-0.4, -0.2) is 37.4 Å². The van der Waals surface area contributed by atoms with Crippen molar-refractivity contribution >= 4 is 11.0 Å². The number of hydrogen-bond acceptors (Lipinski definition) is 5. The lowest BCUT2D eigenvalue weighted by Gasteiger charge is -2.10. The molecule has 7 nitrogen and oxygen atoms in total. The fourth-order valence-electron chi connectivity index (χ4n) is 2.51. The van der Waals surface area contributed by atoms with E-state index in [9.17, 15) is 18.7 Å². The molecule has 0 radical (unpaired) electrons. The number of rotatable bonds is 4. The van der Waals surface area contributed by atoms with Gasteiger partial charge in [-0.15, -0.1) is 5.10 Å². The molecule has 0 aliphatic heterocycles. The van der Waals surface area contributed by atoms with Crippen LogP contribution in [-0.2, 0) is 0 Å². The van der Waals surface area contributed by atoms with Crippen molar-refractivity contribution in [2.45, 2.75) is 26.7 Å². The van der Waals surface area contributed by atoms with E-state index in [2.05, 4.69) is 15.1 Å². The Bertz CT molecular complexity index is 982. The minimum absolute atomic E-state index is 0.00355. The molecule has 9 heteroatoms. The maximum absolute atomic E-state index is 12.9. The van der Waals surface area contributed by atoms with Gasteiger partial charge in [-0.05, 0) is 31.0 Å². The molecule has 0 aliphatic rings. The topological polar surface area (TPSA) is 93.0 Å². The van der Waals surface area contributed by atoms with Crippen LogP contribution in [0.4, 0.5) is 8.78 Å². The summed E-state index contributed by atoms with van der Waals surface area (Å²) in [4.78, 5) is 18.3. The van der Waals surface area contributed by atoms with Crippen molar-refractivity contribution in [2.24, 2.45) is 0 Å². The molecule has 2 N–H and O–H groups in total. The van der Waals surface area contributed by atoms with Gasteiger partial charge in [0.25, 0.3) is 17.5 Å². The van der Waals surface area contributed by atoms with Crippen molar-refractivity contribution in [3.05, 3.63) is 39.8 Å². The zero-order valence-electron chi connectivity index (χ0n) is 13.8. The Morgan fingerprint density at radius 2 is 2.08 bits per heavy atom. The molecule has 0 amide bonds.